The van der Waals surface area contributed by atoms with Crippen LogP contribution in [0, 0.1) is 5.92 Å². The molecule has 0 aromatic heterocycles. The first-order valence-electron chi connectivity index (χ1n) is 7.44. The largest absolute Gasteiger partial charge is 0.319 e. The molecule has 1 atom stereocenters. The maximum absolute atomic E-state index is 3.36. The van der Waals surface area contributed by atoms with Crippen LogP contribution in [0.3, 0.4) is 0 Å². The van der Waals surface area contributed by atoms with Crippen molar-refractivity contribution in [2.75, 3.05) is 33.2 Å². The van der Waals surface area contributed by atoms with Crippen LogP contribution in [0.4, 0.5) is 0 Å². The number of benzene rings is 1. The van der Waals surface area contributed by atoms with Crippen molar-refractivity contribution in [3.05, 3.63) is 35.9 Å². The lowest BCUT2D eigenvalue weighted by atomic mass is 9.81. The normalized spacial score (nSPS) is 14.9. The molecule has 0 aliphatic heterocycles. The van der Waals surface area contributed by atoms with E-state index in [0.717, 1.165) is 25.6 Å². The average molecular weight is 262 g/mol. The second kappa shape index (κ2) is 7.66. The Balaban J connectivity index is 2.86. The SMILES string of the molecule is CCN(CC(C)C)CC(C)(CNC)c1ccccc1. The van der Waals surface area contributed by atoms with Crippen LogP contribution in [0.2, 0.25) is 0 Å². The first-order valence-corrected chi connectivity index (χ1v) is 7.44. The lowest BCUT2D eigenvalue weighted by Crippen LogP contribution is -2.45. The molecule has 2 nitrogen and oxygen atoms in total. The van der Waals surface area contributed by atoms with E-state index in [0.29, 0.717) is 0 Å². The minimum atomic E-state index is 0.168. The van der Waals surface area contributed by atoms with E-state index in [1.54, 1.807) is 0 Å². The van der Waals surface area contributed by atoms with Crippen molar-refractivity contribution in [3.8, 4) is 0 Å². The Kier molecular flexibility index (Phi) is 6.53. The lowest BCUT2D eigenvalue weighted by molar-refractivity contribution is 0.201. The number of nitrogens with zero attached hydrogens (tertiary/aromatic N) is 1. The topological polar surface area (TPSA) is 15.3 Å². The van der Waals surface area contributed by atoms with E-state index in [1.807, 2.05) is 7.05 Å². The Morgan fingerprint density at radius 2 is 1.84 bits per heavy atom. The molecule has 0 amide bonds. The van der Waals surface area contributed by atoms with Crippen LogP contribution in [0.25, 0.3) is 0 Å². The lowest BCUT2D eigenvalue weighted by Gasteiger charge is -2.36. The molecule has 1 unspecified atom stereocenters. The molecule has 0 saturated carbocycles. The highest BCUT2D eigenvalue weighted by Gasteiger charge is 2.28. The van der Waals surface area contributed by atoms with Crippen molar-refractivity contribution in [2.24, 2.45) is 5.92 Å². The first-order chi connectivity index (χ1) is 9.01. The summed E-state index contributed by atoms with van der Waals surface area (Å²) >= 11 is 0. The van der Waals surface area contributed by atoms with Gasteiger partial charge in [-0.15, -0.1) is 0 Å². The molecule has 0 radical (unpaired) electrons. The molecule has 0 spiro atoms. The van der Waals surface area contributed by atoms with Gasteiger partial charge in [0, 0.05) is 25.0 Å². The second-order valence-corrected chi connectivity index (χ2v) is 6.18. The summed E-state index contributed by atoms with van der Waals surface area (Å²) in [5.41, 5.74) is 1.59. The summed E-state index contributed by atoms with van der Waals surface area (Å²) in [5.74, 6) is 0.717. The highest BCUT2D eigenvalue weighted by atomic mass is 15.1. The van der Waals surface area contributed by atoms with Gasteiger partial charge in [-0.1, -0.05) is 58.0 Å². The summed E-state index contributed by atoms with van der Waals surface area (Å²) in [6, 6.07) is 10.9. The smallest absolute Gasteiger partial charge is 0.0176 e. The van der Waals surface area contributed by atoms with E-state index in [9.17, 15) is 0 Å². The van der Waals surface area contributed by atoms with Crippen molar-refractivity contribution in [3.63, 3.8) is 0 Å². The zero-order chi connectivity index (χ0) is 14.3. The monoisotopic (exact) mass is 262 g/mol. The number of likely N-dealkylation sites (N-methyl/N-ethyl adjacent to an activating group) is 2. The second-order valence-electron chi connectivity index (χ2n) is 6.18. The summed E-state index contributed by atoms with van der Waals surface area (Å²) in [4.78, 5) is 2.56. The van der Waals surface area contributed by atoms with Gasteiger partial charge in [-0.25, -0.2) is 0 Å². The van der Waals surface area contributed by atoms with Gasteiger partial charge >= 0.3 is 0 Å². The maximum Gasteiger partial charge on any atom is 0.0176 e. The van der Waals surface area contributed by atoms with Crippen molar-refractivity contribution in [1.29, 1.82) is 0 Å². The molecule has 108 valence electrons. The zero-order valence-electron chi connectivity index (χ0n) is 13.2. The van der Waals surface area contributed by atoms with Gasteiger partial charge in [-0.05, 0) is 25.1 Å². The summed E-state index contributed by atoms with van der Waals surface area (Å²) in [6.07, 6.45) is 0. The van der Waals surface area contributed by atoms with E-state index in [-0.39, 0.29) is 5.41 Å². The fourth-order valence-corrected chi connectivity index (χ4v) is 2.80. The predicted octanol–water partition coefficient (Wildman–Crippen LogP) is 3.14. The maximum atomic E-state index is 3.36. The molecular formula is C17H30N2. The van der Waals surface area contributed by atoms with Gasteiger partial charge in [-0.3, -0.25) is 0 Å². The van der Waals surface area contributed by atoms with Gasteiger partial charge < -0.3 is 10.2 Å². The molecule has 2 heteroatoms. The molecule has 0 aliphatic rings. The third kappa shape index (κ3) is 4.96. The quantitative estimate of drug-likeness (QED) is 0.774. The summed E-state index contributed by atoms with van der Waals surface area (Å²) in [7, 11) is 2.04. The minimum absolute atomic E-state index is 0.168. The third-order valence-corrected chi connectivity index (χ3v) is 3.68. The molecule has 1 rings (SSSR count). The molecule has 19 heavy (non-hydrogen) atoms. The Morgan fingerprint density at radius 3 is 2.32 bits per heavy atom. The van der Waals surface area contributed by atoms with Crippen LogP contribution in [-0.4, -0.2) is 38.1 Å². The van der Waals surface area contributed by atoms with Crippen LogP contribution in [-0.2, 0) is 5.41 Å². The van der Waals surface area contributed by atoms with Crippen molar-refractivity contribution < 1.29 is 0 Å². The third-order valence-electron chi connectivity index (χ3n) is 3.68. The van der Waals surface area contributed by atoms with Crippen LogP contribution < -0.4 is 5.32 Å². The molecule has 0 fully saturated rings. The van der Waals surface area contributed by atoms with Crippen LogP contribution in [0.15, 0.2) is 30.3 Å². The van der Waals surface area contributed by atoms with Crippen molar-refractivity contribution >= 4 is 0 Å². The van der Waals surface area contributed by atoms with E-state index in [4.69, 9.17) is 0 Å². The van der Waals surface area contributed by atoms with Gasteiger partial charge in [0.1, 0.15) is 0 Å². The summed E-state index contributed by atoms with van der Waals surface area (Å²) < 4.78 is 0. The Bertz CT molecular complexity index is 348. The van der Waals surface area contributed by atoms with Gasteiger partial charge in [0.2, 0.25) is 0 Å². The van der Waals surface area contributed by atoms with Gasteiger partial charge in [0.25, 0.3) is 0 Å². The average Bonchev–Trinajstić information content (AvgIpc) is 2.38. The van der Waals surface area contributed by atoms with E-state index >= 15 is 0 Å². The van der Waals surface area contributed by atoms with Crippen molar-refractivity contribution in [1.82, 2.24) is 10.2 Å². The fraction of sp³-hybridized carbons (Fsp3) is 0.647. The van der Waals surface area contributed by atoms with Gasteiger partial charge in [-0.2, -0.15) is 0 Å². The highest BCUT2D eigenvalue weighted by Crippen LogP contribution is 2.24. The molecule has 0 heterocycles. The van der Waals surface area contributed by atoms with E-state index < -0.39 is 0 Å². The molecule has 0 aliphatic carbocycles. The fourth-order valence-electron chi connectivity index (χ4n) is 2.80. The Morgan fingerprint density at radius 1 is 1.21 bits per heavy atom. The van der Waals surface area contributed by atoms with Gasteiger partial charge in [0.15, 0.2) is 0 Å². The van der Waals surface area contributed by atoms with E-state index in [2.05, 4.69) is 68.2 Å². The minimum Gasteiger partial charge on any atom is -0.319 e. The standard InChI is InChI=1S/C17H30N2/c1-6-19(12-15(2)3)14-17(4,13-18-5)16-10-8-7-9-11-16/h7-11,15,18H,6,12-14H2,1-5H3. The predicted molar refractivity (Wildman–Crippen MR) is 84.7 cm³/mol. The Labute approximate surface area is 119 Å². The highest BCUT2D eigenvalue weighted by molar-refractivity contribution is 5.25. The van der Waals surface area contributed by atoms with Crippen LogP contribution in [0.1, 0.15) is 33.3 Å². The number of nitrogens with one attached hydrogen (secondary N) is 1. The molecule has 0 saturated heterocycles. The first kappa shape index (κ1) is 16.2. The molecular weight excluding hydrogens is 232 g/mol. The van der Waals surface area contributed by atoms with Gasteiger partial charge in [0.05, 0.1) is 0 Å². The molecule has 1 aromatic rings. The van der Waals surface area contributed by atoms with Crippen molar-refractivity contribution in [2.45, 2.75) is 33.1 Å². The molecule has 1 N–H and O–H groups in total. The Hall–Kier alpha value is -0.860. The van der Waals surface area contributed by atoms with E-state index in [1.165, 1.54) is 12.1 Å². The number of hydrogen-bond donors (Lipinski definition) is 1. The zero-order valence-corrected chi connectivity index (χ0v) is 13.2. The summed E-state index contributed by atoms with van der Waals surface area (Å²) in [5, 5.41) is 3.36. The van der Waals surface area contributed by atoms with Crippen LogP contribution in [0.5, 0.6) is 0 Å². The molecule has 1 aromatic carbocycles. The molecule has 0 bridgehead atoms. The number of rotatable bonds is 8. The number of hydrogen-bond acceptors (Lipinski definition) is 2. The van der Waals surface area contributed by atoms with Crippen LogP contribution >= 0.6 is 0 Å². The summed E-state index contributed by atoms with van der Waals surface area (Å²) in [6.45, 7) is 13.6.